The van der Waals surface area contributed by atoms with Crippen LogP contribution in [0, 0.1) is 6.92 Å². The Bertz CT molecular complexity index is 1550. The van der Waals surface area contributed by atoms with Gasteiger partial charge in [-0.15, -0.1) is 0 Å². The van der Waals surface area contributed by atoms with Crippen molar-refractivity contribution in [3.05, 3.63) is 107 Å². The highest BCUT2D eigenvalue weighted by Crippen LogP contribution is 2.28. The molecular weight excluding hydrogens is 462 g/mol. The molecule has 1 aromatic heterocycles. The quantitative estimate of drug-likeness (QED) is 0.259. The third-order valence-electron chi connectivity index (χ3n) is 7.16. The summed E-state index contributed by atoms with van der Waals surface area (Å²) in [5, 5.41) is 3.25. The second-order valence-electron chi connectivity index (χ2n) is 9.51. The number of imide groups is 2. The lowest BCUT2D eigenvalue weighted by atomic mass is 9.98. The highest BCUT2D eigenvalue weighted by molar-refractivity contribution is 6.39. The van der Waals surface area contributed by atoms with Crippen LogP contribution in [0.15, 0.2) is 84.6 Å². The highest BCUT2D eigenvalue weighted by atomic mass is 16.2. The van der Waals surface area contributed by atoms with Crippen molar-refractivity contribution in [2.45, 2.75) is 39.7 Å². The van der Waals surface area contributed by atoms with Crippen LogP contribution >= 0.6 is 0 Å². The molecule has 1 aliphatic heterocycles. The number of hydrogen-bond donors (Lipinski definition) is 1. The first-order valence-corrected chi connectivity index (χ1v) is 12.5. The van der Waals surface area contributed by atoms with E-state index in [0.717, 1.165) is 33.4 Å². The summed E-state index contributed by atoms with van der Waals surface area (Å²) in [5.74, 6) is -0.965. The molecular formula is C31H29N3O3. The number of aromatic nitrogens is 1. The Morgan fingerprint density at radius 3 is 2.35 bits per heavy atom. The van der Waals surface area contributed by atoms with Gasteiger partial charge in [-0.2, -0.15) is 0 Å². The largest absolute Gasteiger partial charge is 0.342 e. The zero-order valence-corrected chi connectivity index (χ0v) is 21.2. The van der Waals surface area contributed by atoms with E-state index < -0.39 is 17.8 Å². The molecule has 1 saturated heterocycles. The van der Waals surface area contributed by atoms with Crippen LogP contribution in [-0.2, 0) is 16.1 Å². The third kappa shape index (κ3) is 4.58. The topological polar surface area (TPSA) is 71.4 Å². The smallest absolute Gasteiger partial charge is 0.335 e. The van der Waals surface area contributed by atoms with Crippen LogP contribution in [0.25, 0.3) is 17.0 Å². The molecule has 4 aromatic rings. The Kier molecular flexibility index (Phi) is 6.49. The summed E-state index contributed by atoms with van der Waals surface area (Å²) in [6.45, 7) is 6.98. The van der Waals surface area contributed by atoms with Gasteiger partial charge in [0.25, 0.3) is 11.8 Å². The summed E-state index contributed by atoms with van der Waals surface area (Å²) < 4.78 is 2.12. The summed E-state index contributed by atoms with van der Waals surface area (Å²) >= 11 is 0. The molecule has 186 valence electrons. The van der Waals surface area contributed by atoms with Crippen molar-refractivity contribution in [3.63, 3.8) is 0 Å². The van der Waals surface area contributed by atoms with Gasteiger partial charge >= 0.3 is 6.03 Å². The average Bonchev–Trinajstić information content (AvgIpc) is 3.25. The van der Waals surface area contributed by atoms with Gasteiger partial charge in [-0.3, -0.25) is 14.9 Å². The zero-order chi connectivity index (χ0) is 26.1. The molecule has 2 heterocycles. The van der Waals surface area contributed by atoms with Gasteiger partial charge in [-0.1, -0.05) is 68.4 Å². The fourth-order valence-electron chi connectivity index (χ4n) is 4.73. The number of fused-ring (bicyclic) bond motifs is 1. The van der Waals surface area contributed by atoms with Crippen molar-refractivity contribution in [2.24, 2.45) is 0 Å². The van der Waals surface area contributed by atoms with E-state index >= 15 is 0 Å². The number of amides is 4. The van der Waals surface area contributed by atoms with Gasteiger partial charge in [-0.25, -0.2) is 9.69 Å². The van der Waals surface area contributed by atoms with Crippen LogP contribution in [0.5, 0.6) is 0 Å². The van der Waals surface area contributed by atoms with Gasteiger partial charge in [0, 0.05) is 29.2 Å². The monoisotopic (exact) mass is 491 g/mol. The minimum atomic E-state index is -0.745. The van der Waals surface area contributed by atoms with Crippen molar-refractivity contribution in [1.82, 2.24) is 9.88 Å². The van der Waals surface area contributed by atoms with E-state index in [9.17, 15) is 14.4 Å². The Morgan fingerprint density at radius 1 is 0.919 bits per heavy atom. The molecule has 1 unspecified atom stereocenters. The van der Waals surface area contributed by atoms with Crippen LogP contribution in [0.4, 0.5) is 10.5 Å². The molecule has 0 bridgehead atoms. The number of para-hydroxylation sites is 1. The lowest BCUT2D eigenvalue weighted by molar-refractivity contribution is -0.122. The molecule has 1 atom stereocenters. The van der Waals surface area contributed by atoms with E-state index in [1.165, 1.54) is 11.1 Å². The highest BCUT2D eigenvalue weighted by Gasteiger charge is 2.37. The van der Waals surface area contributed by atoms with Crippen LogP contribution in [0.3, 0.4) is 0 Å². The number of rotatable bonds is 6. The summed E-state index contributed by atoms with van der Waals surface area (Å²) in [4.78, 5) is 40.0. The van der Waals surface area contributed by atoms with E-state index in [1.54, 1.807) is 18.2 Å². The molecule has 0 spiro atoms. The van der Waals surface area contributed by atoms with Gasteiger partial charge in [-0.05, 0) is 60.2 Å². The Labute approximate surface area is 216 Å². The van der Waals surface area contributed by atoms with Gasteiger partial charge in [0.2, 0.25) is 0 Å². The second kappa shape index (κ2) is 9.90. The molecule has 4 amide bonds. The van der Waals surface area contributed by atoms with Crippen molar-refractivity contribution < 1.29 is 14.4 Å². The number of carbonyl (C=O) groups is 3. The van der Waals surface area contributed by atoms with Crippen molar-refractivity contribution in [3.8, 4) is 0 Å². The van der Waals surface area contributed by atoms with E-state index in [1.807, 2.05) is 54.7 Å². The fraction of sp³-hybridized carbons (Fsp3) is 0.194. The molecule has 6 heteroatoms. The fourth-order valence-corrected chi connectivity index (χ4v) is 4.73. The number of hydrogen-bond acceptors (Lipinski definition) is 3. The Hall–Kier alpha value is -4.45. The Balaban J connectivity index is 1.53. The minimum Gasteiger partial charge on any atom is -0.342 e. The lowest BCUT2D eigenvalue weighted by Crippen LogP contribution is -2.54. The predicted octanol–water partition coefficient (Wildman–Crippen LogP) is 6.18. The number of urea groups is 1. The van der Waals surface area contributed by atoms with E-state index in [-0.39, 0.29) is 5.57 Å². The number of benzene rings is 3. The number of aryl methyl sites for hydroxylation is 1. The molecule has 1 N–H and O–H groups in total. The maximum absolute atomic E-state index is 13.5. The van der Waals surface area contributed by atoms with Crippen LogP contribution < -0.4 is 10.2 Å². The van der Waals surface area contributed by atoms with Crippen LogP contribution in [-0.4, -0.2) is 22.4 Å². The standard InChI is InChI=1S/C31H29N3O3/c1-4-20(2)22-13-15-25(16-14-22)34-30(36)27(29(35)32-31(34)37)17-24-19-33(28-12-8-7-11-26(24)28)18-23-10-6-5-9-21(23)3/h5-17,19-20H,4,18H2,1-3H3,(H,32,35,37)/b27-17-. The molecule has 0 radical (unpaired) electrons. The summed E-state index contributed by atoms with van der Waals surface area (Å²) in [7, 11) is 0. The normalized spacial score (nSPS) is 15.9. The zero-order valence-electron chi connectivity index (χ0n) is 21.2. The van der Waals surface area contributed by atoms with Gasteiger partial charge in [0.1, 0.15) is 5.57 Å². The van der Waals surface area contributed by atoms with Gasteiger partial charge < -0.3 is 4.57 Å². The van der Waals surface area contributed by atoms with E-state index in [4.69, 9.17) is 0 Å². The van der Waals surface area contributed by atoms with E-state index in [2.05, 4.69) is 42.8 Å². The lowest BCUT2D eigenvalue weighted by Gasteiger charge is -2.26. The third-order valence-corrected chi connectivity index (χ3v) is 7.16. The molecule has 0 saturated carbocycles. The van der Waals surface area contributed by atoms with Crippen LogP contribution in [0.1, 0.15) is 48.4 Å². The molecule has 1 aliphatic rings. The first-order chi connectivity index (χ1) is 17.9. The molecule has 0 aliphatic carbocycles. The first-order valence-electron chi connectivity index (χ1n) is 12.5. The number of nitrogens with one attached hydrogen (secondary N) is 1. The summed E-state index contributed by atoms with van der Waals surface area (Å²) in [5.41, 5.74) is 5.59. The molecule has 1 fully saturated rings. The van der Waals surface area contributed by atoms with Gasteiger partial charge in [0.15, 0.2) is 0 Å². The van der Waals surface area contributed by atoms with Crippen molar-refractivity contribution >= 4 is 40.5 Å². The molecule has 5 rings (SSSR count). The Morgan fingerprint density at radius 2 is 1.62 bits per heavy atom. The minimum absolute atomic E-state index is 0.0793. The summed E-state index contributed by atoms with van der Waals surface area (Å²) in [6.07, 6.45) is 4.52. The maximum atomic E-state index is 13.5. The van der Waals surface area contributed by atoms with Crippen molar-refractivity contribution in [2.75, 3.05) is 4.90 Å². The maximum Gasteiger partial charge on any atom is 0.335 e. The number of anilines is 1. The number of barbiturate groups is 1. The SMILES string of the molecule is CCC(C)c1ccc(N2C(=O)NC(=O)/C(=C/c3cn(Cc4ccccc4C)c4ccccc34)C2=O)cc1. The summed E-state index contributed by atoms with van der Waals surface area (Å²) in [6, 6.07) is 22.7. The molecule has 37 heavy (non-hydrogen) atoms. The van der Waals surface area contributed by atoms with Crippen molar-refractivity contribution in [1.29, 1.82) is 0 Å². The number of carbonyl (C=O) groups excluding carboxylic acids is 3. The molecule has 6 nitrogen and oxygen atoms in total. The second-order valence-corrected chi connectivity index (χ2v) is 9.51. The van der Waals surface area contributed by atoms with Gasteiger partial charge in [0.05, 0.1) is 5.69 Å². The average molecular weight is 492 g/mol. The molecule has 3 aromatic carbocycles. The predicted molar refractivity (Wildman–Crippen MR) is 146 cm³/mol. The number of nitrogens with zero attached hydrogens (tertiary/aromatic N) is 2. The van der Waals surface area contributed by atoms with E-state index in [0.29, 0.717) is 18.2 Å². The van der Waals surface area contributed by atoms with Crippen LogP contribution in [0.2, 0.25) is 0 Å². The first kappa shape index (κ1) is 24.3.